The average molecular weight is 395 g/mol. The molecule has 29 heavy (non-hydrogen) atoms. The summed E-state index contributed by atoms with van der Waals surface area (Å²) in [5.74, 6) is 1.73. The summed E-state index contributed by atoms with van der Waals surface area (Å²) in [4.78, 5) is 26.2. The van der Waals surface area contributed by atoms with Gasteiger partial charge in [-0.15, -0.1) is 0 Å². The van der Waals surface area contributed by atoms with Gasteiger partial charge in [0.1, 0.15) is 11.4 Å². The molecular weight excluding hydrogens is 364 g/mol. The Labute approximate surface area is 172 Å². The molecular formula is C23H30N4O2. The zero-order chi connectivity index (χ0) is 19.9. The Hall–Kier alpha value is -2.47. The standard InChI is InChI=1S/C23H30N4O2/c28-21(11-7-16-26-14-4-5-15-26)27-17-6-8-19(18-27)22-23(25-13-12-24-22)29-20-9-2-1-3-10-20/h1-3,9-10,12-13,19H,4-8,11,14-18H2/t19-/m1/s1. The third kappa shape index (κ3) is 5.32. The zero-order valence-electron chi connectivity index (χ0n) is 17.0. The van der Waals surface area contributed by atoms with Crippen LogP contribution in [0.15, 0.2) is 42.7 Å². The van der Waals surface area contributed by atoms with E-state index in [-0.39, 0.29) is 11.8 Å². The van der Waals surface area contributed by atoms with Gasteiger partial charge in [-0.2, -0.15) is 0 Å². The first-order valence-corrected chi connectivity index (χ1v) is 10.8. The molecule has 1 aromatic heterocycles. The number of carbonyl (C=O) groups excluding carboxylic acids is 1. The van der Waals surface area contributed by atoms with Crippen LogP contribution in [0, 0.1) is 0 Å². The van der Waals surface area contributed by atoms with Crippen molar-refractivity contribution in [2.45, 2.75) is 44.4 Å². The van der Waals surface area contributed by atoms with Gasteiger partial charge in [-0.3, -0.25) is 9.78 Å². The number of rotatable bonds is 7. The van der Waals surface area contributed by atoms with Crippen molar-refractivity contribution >= 4 is 5.91 Å². The van der Waals surface area contributed by atoms with Crippen LogP contribution in [0.3, 0.4) is 0 Å². The summed E-state index contributed by atoms with van der Waals surface area (Å²) in [5.41, 5.74) is 0.853. The van der Waals surface area contributed by atoms with Crippen LogP contribution >= 0.6 is 0 Å². The second-order valence-electron chi connectivity index (χ2n) is 7.99. The molecule has 0 radical (unpaired) electrons. The molecule has 0 saturated carbocycles. The number of benzene rings is 1. The summed E-state index contributed by atoms with van der Waals surface area (Å²) in [6, 6.07) is 9.66. The number of hydrogen-bond acceptors (Lipinski definition) is 5. The zero-order valence-corrected chi connectivity index (χ0v) is 17.0. The first-order valence-electron chi connectivity index (χ1n) is 10.8. The van der Waals surface area contributed by atoms with Crippen molar-refractivity contribution in [3.8, 4) is 11.6 Å². The Morgan fingerprint density at radius 3 is 2.66 bits per heavy atom. The molecule has 1 atom stereocenters. The van der Waals surface area contributed by atoms with Crippen molar-refractivity contribution in [3.63, 3.8) is 0 Å². The van der Waals surface area contributed by atoms with Gasteiger partial charge in [0.2, 0.25) is 11.8 Å². The fourth-order valence-corrected chi connectivity index (χ4v) is 4.34. The number of piperidine rings is 1. The molecule has 2 aliphatic heterocycles. The molecule has 154 valence electrons. The molecule has 2 saturated heterocycles. The lowest BCUT2D eigenvalue weighted by Crippen LogP contribution is -2.39. The highest BCUT2D eigenvalue weighted by Crippen LogP contribution is 2.32. The largest absolute Gasteiger partial charge is 0.437 e. The lowest BCUT2D eigenvalue weighted by atomic mass is 9.94. The smallest absolute Gasteiger partial charge is 0.241 e. The molecule has 3 heterocycles. The van der Waals surface area contributed by atoms with Crippen LogP contribution in [0.1, 0.15) is 50.1 Å². The van der Waals surface area contributed by atoms with E-state index in [1.165, 1.54) is 25.9 Å². The molecule has 6 nitrogen and oxygen atoms in total. The summed E-state index contributed by atoms with van der Waals surface area (Å²) < 4.78 is 6.00. The molecule has 0 unspecified atom stereocenters. The summed E-state index contributed by atoms with van der Waals surface area (Å²) in [5, 5.41) is 0. The highest BCUT2D eigenvalue weighted by atomic mass is 16.5. The van der Waals surface area contributed by atoms with Crippen LogP contribution < -0.4 is 4.74 Å². The second-order valence-corrected chi connectivity index (χ2v) is 7.99. The highest BCUT2D eigenvalue weighted by molar-refractivity contribution is 5.76. The maximum Gasteiger partial charge on any atom is 0.241 e. The van der Waals surface area contributed by atoms with Gasteiger partial charge in [0.15, 0.2) is 0 Å². The molecule has 2 aromatic rings. The Balaban J connectivity index is 1.36. The van der Waals surface area contributed by atoms with E-state index >= 15 is 0 Å². The normalized spacial score (nSPS) is 20.0. The van der Waals surface area contributed by atoms with Gasteiger partial charge in [-0.25, -0.2) is 4.98 Å². The Kier molecular flexibility index (Phi) is 6.72. The monoisotopic (exact) mass is 394 g/mol. The summed E-state index contributed by atoms with van der Waals surface area (Å²) in [7, 11) is 0. The van der Waals surface area contributed by atoms with Gasteiger partial charge < -0.3 is 14.5 Å². The van der Waals surface area contributed by atoms with E-state index in [2.05, 4.69) is 14.9 Å². The number of para-hydroxylation sites is 1. The Bertz CT molecular complexity index is 792. The van der Waals surface area contributed by atoms with E-state index in [1.807, 2.05) is 35.2 Å². The highest BCUT2D eigenvalue weighted by Gasteiger charge is 2.28. The molecule has 0 N–H and O–H groups in total. The van der Waals surface area contributed by atoms with Crippen molar-refractivity contribution in [2.75, 3.05) is 32.7 Å². The van der Waals surface area contributed by atoms with Gasteiger partial charge in [0.05, 0.1) is 0 Å². The molecule has 4 rings (SSSR count). The van der Waals surface area contributed by atoms with E-state index < -0.39 is 0 Å². The lowest BCUT2D eigenvalue weighted by molar-refractivity contribution is -0.132. The van der Waals surface area contributed by atoms with Crippen molar-refractivity contribution in [3.05, 3.63) is 48.4 Å². The van der Waals surface area contributed by atoms with E-state index in [0.717, 1.165) is 43.8 Å². The van der Waals surface area contributed by atoms with Crippen LogP contribution in [0.5, 0.6) is 11.6 Å². The first kappa shape index (κ1) is 19.8. The van der Waals surface area contributed by atoms with Crippen molar-refractivity contribution < 1.29 is 9.53 Å². The topological polar surface area (TPSA) is 58.6 Å². The average Bonchev–Trinajstić information content (AvgIpc) is 3.28. The fraction of sp³-hybridized carbons (Fsp3) is 0.522. The van der Waals surface area contributed by atoms with E-state index in [9.17, 15) is 4.79 Å². The van der Waals surface area contributed by atoms with Crippen LogP contribution in [-0.2, 0) is 4.79 Å². The van der Waals surface area contributed by atoms with Crippen LogP contribution in [0.4, 0.5) is 0 Å². The minimum Gasteiger partial charge on any atom is -0.437 e. The number of amides is 1. The number of aromatic nitrogens is 2. The van der Waals surface area contributed by atoms with Crippen molar-refractivity contribution in [1.82, 2.24) is 19.8 Å². The van der Waals surface area contributed by atoms with Gasteiger partial charge in [-0.1, -0.05) is 18.2 Å². The minimum atomic E-state index is 0.165. The first-order chi connectivity index (χ1) is 14.3. The third-order valence-electron chi connectivity index (χ3n) is 5.87. The van der Waals surface area contributed by atoms with Crippen LogP contribution in [-0.4, -0.2) is 58.4 Å². The molecule has 2 aliphatic rings. The number of ether oxygens (including phenoxy) is 1. The number of carbonyl (C=O) groups is 1. The molecule has 0 spiro atoms. The molecule has 2 fully saturated rings. The summed E-state index contributed by atoms with van der Waals surface area (Å²) in [6.45, 7) is 4.97. The minimum absolute atomic E-state index is 0.165. The van der Waals surface area contributed by atoms with E-state index in [0.29, 0.717) is 18.8 Å². The predicted molar refractivity (Wildman–Crippen MR) is 112 cm³/mol. The Morgan fingerprint density at radius 2 is 1.83 bits per heavy atom. The molecule has 0 bridgehead atoms. The molecule has 0 aliphatic carbocycles. The predicted octanol–water partition coefficient (Wildman–Crippen LogP) is 3.85. The maximum absolute atomic E-state index is 12.8. The van der Waals surface area contributed by atoms with Gasteiger partial charge in [0.25, 0.3) is 0 Å². The fourth-order valence-electron chi connectivity index (χ4n) is 4.34. The van der Waals surface area contributed by atoms with E-state index in [4.69, 9.17) is 4.74 Å². The van der Waals surface area contributed by atoms with Crippen LogP contribution in [0.25, 0.3) is 0 Å². The second kappa shape index (κ2) is 9.83. The van der Waals surface area contributed by atoms with Gasteiger partial charge in [-0.05, 0) is 63.9 Å². The van der Waals surface area contributed by atoms with Gasteiger partial charge in [0, 0.05) is 37.8 Å². The Morgan fingerprint density at radius 1 is 1.03 bits per heavy atom. The third-order valence-corrected chi connectivity index (χ3v) is 5.87. The molecule has 1 amide bonds. The number of nitrogens with zero attached hydrogens (tertiary/aromatic N) is 4. The SMILES string of the molecule is O=C(CCCN1CCCC1)N1CCC[C@@H](c2nccnc2Oc2ccccc2)C1. The lowest BCUT2D eigenvalue weighted by Gasteiger charge is -2.33. The number of hydrogen-bond donors (Lipinski definition) is 0. The van der Waals surface area contributed by atoms with Crippen molar-refractivity contribution in [1.29, 1.82) is 0 Å². The van der Waals surface area contributed by atoms with Crippen molar-refractivity contribution in [2.24, 2.45) is 0 Å². The quantitative estimate of drug-likeness (QED) is 0.714. The molecule has 1 aromatic carbocycles. The summed E-state index contributed by atoms with van der Waals surface area (Å²) >= 11 is 0. The van der Waals surface area contributed by atoms with Gasteiger partial charge >= 0.3 is 0 Å². The van der Waals surface area contributed by atoms with Crippen LogP contribution in [0.2, 0.25) is 0 Å². The number of likely N-dealkylation sites (tertiary alicyclic amines) is 2. The molecule has 6 heteroatoms. The summed E-state index contributed by atoms with van der Waals surface area (Å²) in [6.07, 6.45) is 9.55. The maximum atomic E-state index is 12.8. The van der Waals surface area contributed by atoms with E-state index in [1.54, 1.807) is 12.4 Å².